The number of nitrogens with one attached hydrogen (secondary N) is 1. The second kappa shape index (κ2) is 3.38. The predicted molar refractivity (Wildman–Crippen MR) is 45.1 cm³/mol. The molecule has 60 valence electrons. The molecule has 0 aromatic heterocycles. The molecule has 0 saturated heterocycles. The molecule has 1 heteroatoms. The van der Waals surface area contributed by atoms with Crippen LogP contribution < -0.4 is 5.32 Å². The molecule has 0 spiro atoms. The van der Waals surface area contributed by atoms with Gasteiger partial charge in [0, 0.05) is 6.54 Å². The van der Waals surface area contributed by atoms with Crippen molar-refractivity contribution in [2.45, 2.75) is 39.0 Å². The number of hydrogen-bond donors (Lipinski definition) is 1. The molecule has 0 atom stereocenters. The smallest absolute Gasteiger partial charge is 0.000480 e. The Kier molecular flexibility index (Phi) is 2.72. The fourth-order valence-electron chi connectivity index (χ4n) is 2.10. The molecule has 0 radical (unpaired) electrons. The lowest BCUT2D eigenvalue weighted by Crippen LogP contribution is -2.38. The normalized spacial score (nSPS) is 22.2. The highest BCUT2D eigenvalue weighted by Gasteiger charge is 2.34. The maximum Gasteiger partial charge on any atom is 0.000480 e. The summed E-state index contributed by atoms with van der Waals surface area (Å²) in [5.74, 6) is 0. The lowest BCUT2D eigenvalue weighted by Gasteiger charge is -2.42. The van der Waals surface area contributed by atoms with E-state index in [1.54, 1.807) is 0 Å². The van der Waals surface area contributed by atoms with Gasteiger partial charge in [0.05, 0.1) is 0 Å². The first-order chi connectivity index (χ1) is 4.83. The van der Waals surface area contributed by atoms with Crippen molar-refractivity contribution >= 4 is 0 Å². The first-order valence-electron chi connectivity index (χ1n) is 4.47. The van der Waals surface area contributed by atoms with Gasteiger partial charge in [-0.2, -0.15) is 0 Å². The van der Waals surface area contributed by atoms with Crippen LogP contribution in [0.1, 0.15) is 39.0 Å². The second-order valence-electron chi connectivity index (χ2n) is 3.63. The zero-order valence-corrected chi connectivity index (χ0v) is 7.24. The van der Waals surface area contributed by atoms with Crippen molar-refractivity contribution in [1.29, 1.82) is 0 Å². The summed E-state index contributed by atoms with van der Waals surface area (Å²) in [6, 6.07) is 0. The zero-order chi connectivity index (χ0) is 7.45. The highest BCUT2D eigenvalue weighted by Crippen LogP contribution is 2.43. The average Bonchev–Trinajstić information content (AvgIpc) is 1.84. The molecule has 1 aliphatic rings. The van der Waals surface area contributed by atoms with Crippen molar-refractivity contribution in [2.24, 2.45) is 5.41 Å². The van der Waals surface area contributed by atoms with Crippen molar-refractivity contribution in [3.8, 4) is 0 Å². The Morgan fingerprint density at radius 3 is 2.40 bits per heavy atom. The minimum atomic E-state index is 0.712. The van der Waals surface area contributed by atoms with Gasteiger partial charge < -0.3 is 5.32 Å². The molecule has 1 fully saturated rings. The third kappa shape index (κ3) is 1.51. The third-order valence-corrected chi connectivity index (χ3v) is 2.75. The van der Waals surface area contributed by atoms with E-state index in [-0.39, 0.29) is 0 Å². The van der Waals surface area contributed by atoms with Crippen LogP contribution in [0.3, 0.4) is 0 Å². The minimum absolute atomic E-state index is 0.712. The first kappa shape index (κ1) is 8.06. The van der Waals surface area contributed by atoms with Crippen molar-refractivity contribution in [1.82, 2.24) is 5.32 Å². The molecule has 1 aliphatic carbocycles. The molecule has 0 aliphatic heterocycles. The van der Waals surface area contributed by atoms with Crippen molar-refractivity contribution in [3.05, 3.63) is 0 Å². The van der Waals surface area contributed by atoms with E-state index in [4.69, 9.17) is 0 Å². The second-order valence-corrected chi connectivity index (χ2v) is 3.63. The Morgan fingerprint density at radius 2 is 2.10 bits per heavy atom. The highest BCUT2D eigenvalue weighted by molar-refractivity contribution is 4.88. The van der Waals surface area contributed by atoms with Gasteiger partial charge in [0.1, 0.15) is 0 Å². The summed E-state index contributed by atoms with van der Waals surface area (Å²) in [5.41, 5.74) is 0.712. The van der Waals surface area contributed by atoms with Gasteiger partial charge in [-0.05, 0) is 31.7 Å². The average molecular weight is 141 g/mol. The molecule has 1 rings (SSSR count). The van der Waals surface area contributed by atoms with Crippen LogP contribution in [0.4, 0.5) is 0 Å². The Morgan fingerprint density at radius 1 is 1.40 bits per heavy atom. The lowest BCUT2D eigenvalue weighted by molar-refractivity contribution is 0.119. The summed E-state index contributed by atoms with van der Waals surface area (Å²) in [5, 5.41) is 3.30. The molecule has 10 heavy (non-hydrogen) atoms. The minimum Gasteiger partial charge on any atom is -0.319 e. The molecule has 1 nitrogen and oxygen atoms in total. The van der Waals surface area contributed by atoms with Gasteiger partial charge in [-0.1, -0.05) is 19.8 Å². The largest absolute Gasteiger partial charge is 0.319 e. The van der Waals surface area contributed by atoms with Crippen LogP contribution >= 0.6 is 0 Å². The molecule has 1 saturated carbocycles. The maximum absolute atomic E-state index is 3.30. The summed E-state index contributed by atoms with van der Waals surface area (Å²) in [7, 11) is 2.07. The van der Waals surface area contributed by atoms with Gasteiger partial charge >= 0.3 is 0 Å². The zero-order valence-electron chi connectivity index (χ0n) is 7.24. The van der Waals surface area contributed by atoms with Gasteiger partial charge in [0.25, 0.3) is 0 Å². The van der Waals surface area contributed by atoms with Gasteiger partial charge in [-0.25, -0.2) is 0 Å². The first-order valence-corrected chi connectivity index (χ1v) is 4.47. The van der Waals surface area contributed by atoms with Gasteiger partial charge in [0.2, 0.25) is 0 Å². The monoisotopic (exact) mass is 141 g/mol. The Hall–Kier alpha value is -0.0400. The fourth-order valence-corrected chi connectivity index (χ4v) is 2.10. The molecule has 0 bridgehead atoms. The van der Waals surface area contributed by atoms with Crippen LogP contribution in [0, 0.1) is 5.41 Å². The molecular formula is C9H19N. The molecule has 0 aromatic carbocycles. The molecule has 0 amide bonds. The van der Waals surface area contributed by atoms with E-state index in [0.29, 0.717) is 5.41 Å². The molecule has 0 aromatic rings. The van der Waals surface area contributed by atoms with E-state index >= 15 is 0 Å². The van der Waals surface area contributed by atoms with Crippen molar-refractivity contribution in [2.75, 3.05) is 13.6 Å². The Balaban J connectivity index is 2.27. The summed E-state index contributed by atoms with van der Waals surface area (Å²) >= 11 is 0. The summed E-state index contributed by atoms with van der Waals surface area (Å²) in [6.45, 7) is 3.52. The maximum atomic E-state index is 3.30. The Bertz CT molecular complexity index is 86.9. The van der Waals surface area contributed by atoms with Crippen LogP contribution in [0.15, 0.2) is 0 Å². The van der Waals surface area contributed by atoms with Gasteiger partial charge in [0.15, 0.2) is 0 Å². The van der Waals surface area contributed by atoms with Gasteiger partial charge in [-0.15, -0.1) is 0 Å². The standard InChI is InChI=1S/C9H19N/c1-3-5-9(8-10-2)6-4-7-9/h10H,3-8H2,1-2H3. The van der Waals surface area contributed by atoms with Crippen LogP contribution in [-0.2, 0) is 0 Å². The quantitative estimate of drug-likeness (QED) is 0.632. The van der Waals surface area contributed by atoms with E-state index in [0.717, 1.165) is 0 Å². The van der Waals surface area contributed by atoms with E-state index in [2.05, 4.69) is 19.3 Å². The molecule has 0 heterocycles. The Labute approximate surface area is 64.2 Å². The van der Waals surface area contributed by atoms with Crippen LogP contribution in [0.25, 0.3) is 0 Å². The van der Waals surface area contributed by atoms with E-state index < -0.39 is 0 Å². The summed E-state index contributed by atoms with van der Waals surface area (Å²) in [4.78, 5) is 0. The van der Waals surface area contributed by atoms with Crippen molar-refractivity contribution in [3.63, 3.8) is 0 Å². The van der Waals surface area contributed by atoms with Crippen LogP contribution in [0.5, 0.6) is 0 Å². The SMILES string of the molecule is CCCC1(CNC)CCC1. The van der Waals surface area contributed by atoms with Gasteiger partial charge in [-0.3, -0.25) is 0 Å². The number of rotatable bonds is 4. The molecular weight excluding hydrogens is 122 g/mol. The summed E-state index contributed by atoms with van der Waals surface area (Å²) in [6.07, 6.45) is 7.15. The predicted octanol–water partition coefficient (Wildman–Crippen LogP) is 2.18. The van der Waals surface area contributed by atoms with E-state index in [1.165, 1.54) is 38.6 Å². The van der Waals surface area contributed by atoms with Crippen LogP contribution in [0.2, 0.25) is 0 Å². The lowest BCUT2D eigenvalue weighted by atomic mass is 9.66. The van der Waals surface area contributed by atoms with Crippen LogP contribution in [-0.4, -0.2) is 13.6 Å². The molecule has 0 unspecified atom stereocenters. The molecule has 1 N–H and O–H groups in total. The van der Waals surface area contributed by atoms with E-state index in [1.807, 2.05) is 0 Å². The highest BCUT2D eigenvalue weighted by atomic mass is 14.8. The van der Waals surface area contributed by atoms with Crippen molar-refractivity contribution < 1.29 is 0 Å². The third-order valence-electron chi connectivity index (χ3n) is 2.75. The number of hydrogen-bond acceptors (Lipinski definition) is 1. The fraction of sp³-hybridized carbons (Fsp3) is 1.00. The van der Waals surface area contributed by atoms with E-state index in [9.17, 15) is 0 Å². The summed E-state index contributed by atoms with van der Waals surface area (Å²) < 4.78 is 0. The topological polar surface area (TPSA) is 12.0 Å².